The Labute approximate surface area is 107 Å². The number of carbonyl (C=O) groups excluding carboxylic acids is 1. The zero-order valence-corrected chi connectivity index (χ0v) is 10.6. The summed E-state index contributed by atoms with van der Waals surface area (Å²) >= 11 is 0. The van der Waals surface area contributed by atoms with Crippen molar-refractivity contribution in [3.05, 3.63) is 47.2 Å². The molecule has 0 spiro atoms. The zero-order chi connectivity index (χ0) is 13.4. The van der Waals surface area contributed by atoms with Gasteiger partial charge in [-0.15, -0.1) is 0 Å². The summed E-state index contributed by atoms with van der Waals surface area (Å²) in [5, 5.41) is 9.39. The van der Waals surface area contributed by atoms with E-state index in [4.69, 9.17) is 4.74 Å². The zero-order valence-electron chi connectivity index (χ0n) is 10.6. The van der Waals surface area contributed by atoms with Crippen LogP contribution in [0.15, 0.2) is 46.7 Å². The number of carbonyl (C=O) groups is 1. The van der Waals surface area contributed by atoms with Gasteiger partial charge in [0.2, 0.25) is 0 Å². The lowest BCUT2D eigenvalue weighted by Gasteiger charge is -2.03. The van der Waals surface area contributed by atoms with Crippen molar-refractivity contribution in [2.75, 3.05) is 6.61 Å². The van der Waals surface area contributed by atoms with Crippen molar-refractivity contribution in [3.63, 3.8) is 0 Å². The van der Waals surface area contributed by atoms with Crippen LogP contribution >= 0.6 is 0 Å². The van der Waals surface area contributed by atoms with Crippen LogP contribution in [0.3, 0.4) is 0 Å². The first-order valence-corrected chi connectivity index (χ1v) is 5.75. The monoisotopic (exact) mass is 247 g/mol. The Morgan fingerprint density at radius 2 is 2.06 bits per heavy atom. The van der Waals surface area contributed by atoms with E-state index < -0.39 is 5.97 Å². The first-order chi connectivity index (χ1) is 8.65. The molecule has 0 saturated heterocycles. The Hall–Kier alpha value is -2.10. The highest BCUT2D eigenvalue weighted by Gasteiger charge is 2.11. The predicted octanol–water partition coefficient (Wildman–Crippen LogP) is 2.65. The maximum atomic E-state index is 11.5. The van der Waals surface area contributed by atoms with Crippen molar-refractivity contribution in [2.45, 2.75) is 20.4 Å². The number of hydrogen-bond donors (Lipinski definition) is 1. The Bertz CT molecular complexity index is 445. The van der Waals surface area contributed by atoms with E-state index in [-0.39, 0.29) is 17.9 Å². The molecule has 1 rings (SSSR count). The van der Waals surface area contributed by atoms with Crippen LogP contribution in [-0.4, -0.2) is 23.9 Å². The van der Waals surface area contributed by atoms with Crippen LogP contribution < -0.4 is 0 Å². The summed E-state index contributed by atoms with van der Waals surface area (Å²) in [5.74, 6) is -0.653. The lowest BCUT2D eigenvalue weighted by Crippen LogP contribution is -2.10. The number of nitrogens with zero attached hydrogens (tertiary/aromatic N) is 1. The first kappa shape index (κ1) is 14.0. The molecule has 18 heavy (non-hydrogen) atoms. The quantitative estimate of drug-likeness (QED) is 0.376. The van der Waals surface area contributed by atoms with Crippen LogP contribution in [0.2, 0.25) is 0 Å². The van der Waals surface area contributed by atoms with Crippen molar-refractivity contribution in [3.8, 4) is 0 Å². The largest absolute Gasteiger partial charge is 0.512 e. The molecule has 0 aliphatic rings. The number of aliphatic hydroxyl groups is 1. The maximum Gasteiger partial charge on any atom is 0.343 e. The number of aliphatic hydroxyl groups excluding tert-OH is 1. The molecular weight excluding hydrogens is 230 g/mol. The van der Waals surface area contributed by atoms with Crippen LogP contribution in [0, 0.1) is 0 Å². The van der Waals surface area contributed by atoms with E-state index >= 15 is 0 Å². The molecule has 0 unspecified atom stereocenters. The SMILES string of the molecule is CCOC(=O)/C(C=NCc1ccccc1)=C(\C)O. The molecule has 4 nitrogen and oxygen atoms in total. The van der Waals surface area contributed by atoms with Gasteiger partial charge in [0, 0.05) is 6.21 Å². The van der Waals surface area contributed by atoms with E-state index in [0.717, 1.165) is 5.56 Å². The van der Waals surface area contributed by atoms with Crippen LogP contribution in [0.5, 0.6) is 0 Å². The molecule has 1 aromatic rings. The van der Waals surface area contributed by atoms with Crippen molar-refractivity contribution >= 4 is 12.2 Å². The van der Waals surface area contributed by atoms with Gasteiger partial charge >= 0.3 is 5.97 Å². The highest BCUT2D eigenvalue weighted by Crippen LogP contribution is 2.04. The first-order valence-electron chi connectivity index (χ1n) is 5.75. The lowest BCUT2D eigenvalue weighted by molar-refractivity contribution is -0.138. The second-order valence-corrected chi connectivity index (χ2v) is 3.67. The highest BCUT2D eigenvalue weighted by molar-refractivity contribution is 6.09. The minimum absolute atomic E-state index is 0.0905. The third-order valence-corrected chi connectivity index (χ3v) is 2.22. The van der Waals surface area contributed by atoms with Crippen molar-refractivity contribution in [1.82, 2.24) is 0 Å². The molecular formula is C14H17NO3. The minimum atomic E-state index is -0.561. The Balaban J connectivity index is 2.68. The van der Waals surface area contributed by atoms with Crippen molar-refractivity contribution < 1.29 is 14.6 Å². The molecule has 1 N–H and O–H groups in total. The summed E-state index contributed by atoms with van der Waals surface area (Å²) in [7, 11) is 0. The van der Waals surface area contributed by atoms with Gasteiger partial charge in [0.1, 0.15) is 11.3 Å². The van der Waals surface area contributed by atoms with Crippen LogP contribution in [0.4, 0.5) is 0 Å². The van der Waals surface area contributed by atoms with Gasteiger partial charge in [-0.25, -0.2) is 4.79 Å². The van der Waals surface area contributed by atoms with Gasteiger partial charge in [0.05, 0.1) is 13.2 Å². The smallest absolute Gasteiger partial charge is 0.343 e. The third kappa shape index (κ3) is 4.41. The fraction of sp³-hybridized carbons (Fsp3) is 0.286. The van der Waals surface area contributed by atoms with E-state index in [2.05, 4.69) is 4.99 Å². The maximum absolute atomic E-state index is 11.5. The molecule has 0 bridgehead atoms. The van der Waals surface area contributed by atoms with Crippen LogP contribution in [-0.2, 0) is 16.1 Å². The number of ether oxygens (including phenoxy) is 1. The van der Waals surface area contributed by atoms with Gasteiger partial charge in [-0.1, -0.05) is 30.3 Å². The number of hydrogen-bond acceptors (Lipinski definition) is 4. The number of aliphatic imine (C=N–C) groups is 1. The minimum Gasteiger partial charge on any atom is -0.512 e. The molecule has 0 aliphatic heterocycles. The third-order valence-electron chi connectivity index (χ3n) is 2.22. The Morgan fingerprint density at radius 3 is 2.61 bits per heavy atom. The van der Waals surface area contributed by atoms with Crippen molar-refractivity contribution in [2.24, 2.45) is 4.99 Å². The van der Waals surface area contributed by atoms with Gasteiger partial charge in [0.15, 0.2) is 0 Å². The van der Waals surface area contributed by atoms with Crippen LogP contribution in [0.1, 0.15) is 19.4 Å². The molecule has 0 atom stereocenters. The van der Waals surface area contributed by atoms with E-state index in [1.54, 1.807) is 6.92 Å². The molecule has 0 heterocycles. The molecule has 0 radical (unpaired) electrons. The predicted molar refractivity (Wildman–Crippen MR) is 70.6 cm³/mol. The number of rotatable bonds is 5. The topological polar surface area (TPSA) is 58.9 Å². The van der Waals surface area contributed by atoms with E-state index in [0.29, 0.717) is 6.54 Å². The second kappa shape index (κ2) is 7.27. The fourth-order valence-corrected chi connectivity index (χ4v) is 1.33. The van der Waals surface area contributed by atoms with Gasteiger partial charge < -0.3 is 9.84 Å². The average Bonchev–Trinajstić information content (AvgIpc) is 2.35. The molecule has 0 aromatic heterocycles. The summed E-state index contributed by atoms with van der Waals surface area (Å²) in [6, 6.07) is 9.65. The normalized spacial score (nSPS) is 12.3. The summed E-state index contributed by atoms with van der Waals surface area (Å²) in [5.41, 5.74) is 1.13. The summed E-state index contributed by atoms with van der Waals surface area (Å²) in [4.78, 5) is 15.6. The number of allylic oxidation sites excluding steroid dienone is 1. The number of esters is 1. The van der Waals surface area contributed by atoms with Gasteiger partial charge in [-0.05, 0) is 19.4 Å². The molecule has 0 amide bonds. The van der Waals surface area contributed by atoms with E-state index in [1.807, 2.05) is 30.3 Å². The van der Waals surface area contributed by atoms with Crippen molar-refractivity contribution in [1.29, 1.82) is 0 Å². The summed E-state index contributed by atoms with van der Waals surface area (Å²) in [6.07, 6.45) is 1.35. The Morgan fingerprint density at radius 1 is 1.39 bits per heavy atom. The molecule has 96 valence electrons. The second-order valence-electron chi connectivity index (χ2n) is 3.67. The standard InChI is InChI=1S/C14H17NO3/c1-3-18-14(17)13(11(2)16)10-15-9-12-7-5-4-6-8-12/h4-8,10,16H,3,9H2,1-2H3/b13-11+,15-10?. The molecule has 0 fully saturated rings. The number of benzene rings is 1. The van der Waals surface area contributed by atoms with Gasteiger partial charge in [0.25, 0.3) is 0 Å². The van der Waals surface area contributed by atoms with Gasteiger partial charge in [-0.2, -0.15) is 0 Å². The summed E-state index contributed by atoms with van der Waals surface area (Å²) < 4.78 is 4.82. The molecule has 4 heteroatoms. The van der Waals surface area contributed by atoms with E-state index in [1.165, 1.54) is 13.1 Å². The average molecular weight is 247 g/mol. The molecule has 0 saturated carbocycles. The molecule has 0 aliphatic carbocycles. The highest BCUT2D eigenvalue weighted by atomic mass is 16.5. The fourth-order valence-electron chi connectivity index (χ4n) is 1.33. The Kier molecular flexibility index (Phi) is 5.64. The lowest BCUT2D eigenvalue weighted by atomic mass is 10.2. The summed E-state index contributed by atoms with van der Waals surface area (Å²) in [6.45, 7) is 3.86. The van der Waals surface area contributed by atoms with Crippen LogP contribution in [0.25, 0.3) is 0 Å². The molecule has 1 aromatic carbocycles. The van der Waals surface area contributed by atoms with Gasteiger partial charge in [-0.3, -0.25) is 4.99 Å². The van der Waals surface area contributed by atoms with E-state index in [9.17, 15) is 9.90 Å².